The summed E-state index contributed by atoms with van der Waals surface area (Å²) in [6.07, 6.45) is 0. The largest absolute Gasteiger partial charge is 0.457 e. The van der Waals surface area contributed by atoms with E-state index in [9.17, 15) is 8.42 Å². The zero-order valence-electron chi connectivity index (χ0n) is 17.0. The summed E-state index contributed by atoms with van der Waals surface area (Å²) in [5.74, 6) is 2.44. The Balaban J connectivity index is 0.00000300. The Morgan fingerprint density at radius 2 is 1.72 bits per heavy atom. The Hall–Kier alpha value is -1.81. The molecule has 1 aliphatic heterocycles. The zero-order chi connectivity index (χ0) is 20.2. The van der Waals surface area contributed by atoms with Gasteiger partial charge in [-0.05, 0) is 43.7 Å². The molecule has 6 nitrogen and oxygen atoms in total. The van der Waals surface area contributed by atoms with Crippen LogP contribution in [-0.4, -0.2) is 49.9 Å². The Bertz CT molecular complexity index is 929. The summed E-state index contributed by atoms with van der Waals surface area (Å²) in [4.78, 5) is 6.33. The number of ether oxygens (including phenoxy) is 1. The predicted molar refractivity (Wildman–Crippen MR) is 128 cm³/mol. The summed E-state index contributed by atoms with van der Waals surface area (Å²) in [7, 11) is -1.35. The number of guanidine groups is 1. The number of hydrogen-bond donors (Lipinski definition) is 1. The summed E-state index contributed by atoms with van der Waals surface area (Å²) >= 11 is 0. The van der Waals surface area contributed by atoms with E-state index in [1.54, 1.807) is 20.9 Å². The molecule has 0 spiro atoms. The fourth-order valence-electron chi connectivity index (χ4n) is 3.14. The van der Waals surface area contributed by atoms with Crippen LogP contribution in [0.1, 0.15) is 19.4 Å². The Labute approximate surface area is 190 Å². The van der Waals surface area contributed by atoms with Crippen LogP contribution < -0.4 is 10.1 Å². The molecule has 2 aromatic rings. The van der Waals surface area contributed by atoms with Crippen molar-refractivity contribution in [3.8, 4) is 11.5 Å². The molecule has 0 radical (unpaired) electrons. The quantitative estimate of drug-likeness (QED) is 0.372. The van der Waals surface area contributed by atoms with Crippen LogP contribution in [0.15, 0.2) is 59.6 Å². The Morgan fingerprint density at radius 3 is 2.31 bits per heavy atom. The van der Waals surface area contributed by atoms with Crippen molar-refractivity contribution in [2.24, 2.45) is 4.99 Å². The third-order valence-electron chi connectivity index (χ3n) is 4.91. The van der Waals surface area contributed by atoms with E-state index in [0.717, 1.165) is 17.1 Å². The number of halogens is 1. The van der Waals surface area contributed by atoms with Gasteiger partial charge < -0.3 is 15.0 Å². The molecule has 1 heterocycles. The fourth-order valence-corrected chi connectivity index (χ4v) is 4.50. The monoisotopic (exact) mass is 529 g/mol. The molecule has 0 bridgehead atoms. The molecule has 3 rings (SSSR count). The standard InChI is InChI=1S/C21H27N3O3S.HI/c1-21(2)16-24(13-14-28(21,25)26)20(22-3)23-15-17-9-11-19(12-10-17)27-18-7-5-4-6-8-18;/h4-12H,13-16H2,1-3H3,(H,22,23);1H. The van der Waals surface area contributed by atoms with Crippen molar-refractivity contribution in [2.75, 3.05) is 25.9 Å². The van der Waals surface area contributed by atoms with E-state index >= 15 is 0 Å². The second kappa shape index (κ2) is 9.80. The Kier molecular flexibility index (Phi) is 7.93. The van der Waals surface area contributed by atoms with Crippen molar-refractivity contribution in [3.63, 3.8) is 0 Å². The minimum Gasteiger partial charge on any atom is -0.457 e. The summed E-state index contributed by atoms with van der Waals surface area (Å²) in [6.45, 7) is 5.02. The van der Waals surface area contributed by atoms with Crippen LogP contribution in [0.4, 0.5) is 0 Å². The van der Waals surface area contributed by atoms with Crippen molar-refractivity contribution in [1.82, 2.24) is 10.2 Å². The minimum absolute atomic E-state index is 0. The highest BCUT2D eigenvalue weighted by Crippen LogP contribution is 2.24. The lowest BCUT2D eigenvalue weighted by molar-refractivity contribution is 0.353. The van der Waals surface area contributed by atoms with Crippen molar-refractivity contribution in [2.45, 2.75) is 25.1 Å². The molecule has 1 fully saturated rings. The van der Waals surface area contributed by atoms with Gasteiger partial charge >= 0.3 is 0 Å². The van der Waals surface area contributed by atoms with Gasteiger partial charge in [0.2, 0.25) is 0 Å². The molecular weight excluding hydrogens is 501 g/mol. The number of nitrogens with zero attached hydrogens (tertiary/aromatic N) is 2. The first kappa shape index (κ1) is 23.5. The smallest absolute Gasteiger partial charge is 0.193 e. The molecule has 2 aromatic carbocycles. The molecule has 0 aliphatic carbocycles. The van der Waals surface area contributed by atoms with Crippen LogP contribution >= 0.6 is 24.0 Å². The number of aliphatic imine (C=N–C) groups is 1. The van der Waals surface area contributed by atoms with Crippen molar-refractivity contribution in [1.29, 1.82) is 0 Å². The fraction of sp³-hybridized carbons (Fsp3) is 0.381. The first-order valence-corrected chi connectivity index (χ1v) is 11.0. The predicted octanol–water partition coefficient (Wildman–Crippen LogP) is 3.68. The van der Waals surface area contributed by atoms with E-state index in [4.69, 9.17) is 4.74 Å². The van der Waals surface area contributed by atoms with Gasteiger partial charge in [0.15, 0.2) is 15.8 Å². The maximum atomic E-state index is 12.2. The molecule has 0 unspecified atom stereocenters. The molecule has 0 aromatic heterocycles. The summed E-state index contributed by atoms with van der Waals surface area (Å²) in [6, 6.07) is 17.5. The van der Waals surface area contributed by atoms with E-state index in [-0.39, 0.29) is 29.7 Å². The van der Waals surface area contributed by atoms with E-state index in [0.29, 0.717) is 25.6 Å². The van der Waals surface area contributed by atoms with E-state index in [1.807, 2.05) is 59.5 Å². The van der Waals surface area contributed by atoms with Gasteiger partial charge in [-0.15, -0.1) is 24.0 Å². The first-order valence-electron chi connectivity index (χ1n) is 9.30. The Morgan fingerprint density at radius 1 is 1.10 bits per heavy atom. The molecule has 158 valence electrons. The molecule has 0 atom stereocenters. The van der Waals surface area contributed by atoms with Crippen molar-refractivity contribution < 1.29 is 13.2 Å². The maximum Gasteiger partial charge on any atom is 0.193 e. The molecule has 29 heavy (non-hydrogen) atoms. The van der Waals surface area contributed by atoms with Crippen LogP contribution in [0, 0.1) is 0 Å². The first-order chi connectivity index (χ1) is 13.3. The third kappa shape index (κ3) is 5.85. The van der Waals surface area contributed by atoms with Gasteiger partial charge in [-0.2, -0.15) is 0 Å². The number of nitrogens with one attached hydrogen (secondary N) is 1. The summed E-state index contributed by atoms with van der Waals surface area (Å²) in [5, 5.41) is 3.33. The number of benzene rings is 2. The van der Waals surface area contributed by atoms with Crippen LogP contribution in [0.2, 0.25) is 0 Å². The summed E-state index contributed by atoms with van der Waals surface area (Å²) < 4.78 is 29.4. The molecular formula is C21H28IN3O3S. The molecule has 0 saturated carbocycles. The average molecular weight is 529 g/mol. The summed E-state index contributed by atoms with van der Waals surface area (Å²) in [5.41, 5.74) is 1.09. The highest BCUT2D eigenvalue weighted by atomic mass is 127. The molecule has 8 heteroatoms. The highest BCUT2D eigenvalue weighted by Gasteiger charge is 2.40. The van der Waals surface area contributed by atoms with Gasteiger partial charge in [-0.3, -0.25) is 4.99 Å². The van der Waals surface area contributed by atoms with Gasteiger partial charge in [0.25, 0.3) is 0 Å². The van der Waals surface area contributed by atoms with Crippen LogP contribution in [-0.2, 0) is 16.4 Å². The lowest BCUT2D eigenvalue weighted by atomic mass is 10.2. The van der Waals surface area contributed by atoms with Crippen LogP contribution in [0.5, 0.6) is 11.5 Å². The SMILES string of the molecule is CN=C(NCc1ccc(Oc2ccccc2)cc1)N1CCS(=O)(=O)C(C)(C)C1.I. The minimum atomic E-state index is -3.07. The lowest BCUT2D eigenvalue weighted by Gasteiger charge is -2.39. The normalized spacial score (nSPS) is 17.9. The van der Waals surface area contributed by atoms with E-state index < -0.39 is 14.6 Å². The topological polar surface area (TPSA) is 71.0 Å². The lowest BCUT2D eigenvalue weighted by Crippen LogP contribution is -2.57. The van der Waals surface area contributed by atoms with E-state index in [1.165, 1.54) is 0 Å². The van der Waals surface area contributed by atoms with Gasteiger partial charge in [0.1, 0.15) is 11.5 Å². The zero-order valence-corrected chi connectivity index (χ0v) is 20.1. The molecule has 1 saturated heterocycles. The van der Waals surface area contributed by atoms with Crippen molar-refractivity contribution >= 4 is 39.8 Å². The van der Waals surface area contributed by atoms with Crippen LogP contribution in [0.3, 0.4) is 0 Å². The third-order valence-corrected chi connectivity index (χ3v) is 7.44. The van der Waals surface area contributed by atoms with Gasteiger partial charge in [-0.1, -0.05) is 30.3 Å². The van der Waals surface area contributed by atoms with Gasteiger partial charge in [0, 0.05) is 26.7 Å². The molecule has 0 amide bonds. The molecule has 1 aliphatic rings. The second-order valence-electron chi connectivity index (χ2n) is 7.46. The van der Waals surface area contributed by atoms with Gasteiger partial charge in [0.05, 0.1) is 10.5 Å². The number of para-hydroxylation sites is 1. The van der Waals surface area contributed by atoms with E-state index in [2.05, 4.69) is 10.3 Å². The van der Waals surface area contributed by atoms with Crippen molar-refractivity contribution in [3.05, 3.63) is 60.2 Å². The number of hydrogen-bond acceptors (Lipinski definition) is 4. The number of sulfone groups is 1. The highest BCUT2D eigenvalue weighted by molar-refractivity contribution is 14.0. The molecule has 1 N–H and O–H groups in total. The number of rotatable bonds is 4. The second-order valence-corrected chi connectivity index (χ2v) is 10.2. The maximum absolute atomic E-state index is 12.2. The van der Waals surface area contributed by atoms with Crippen LogP contribution in [0.25, 0.3) is 0 Å². The average Bonchev–Trinajstić information content (AvgIpc) is 2.67. The van der Waals surface area contributed by atoms with Gasteiger partial charge in [-0.25, -0.2) is 8.42 Å².